The average molecular weight is 448 g/mol. The number of urea groups is 1. The molecule has 0 bridgehead atoms. The first kappa shape index (κ1) is 21.4. The minimum Gasteiger partial charge on any atom is -0.381 e. The quantitative estimate of drug-likeness (QED) is 0.452. The molecule has 166 valence electrons. The van der Waals surface area contributed by atoms with Crippen LogP contribution in [-0.4, -0.2) is 79.8 Å². The molecule has 31 heavy (non-hydrogen) atoms. The maximum Gasteiger partial charge on any atom is 0.320 e. The van der Waals surface area contributed by atoms with Gasteiger partial charge in [0.15, 0.2) is 11.3 Å². The van der Waals surface area contributed by atoms with Crippen LogP contribution in [0.25, 0.3) is 11.4 Å². The first-order valence-electron chi connectivity index (χ1n) is 10.3. The summed E-state index contributed by atoms with van der Waals surface area (Å²) in [7, 11) is 1.55. The monoisotopic (exact) mass is 447 g/mol. The second-order valence-corrected chi connectivity index (χ2v) is 8.03. The van der Waals surface area contributed by atoms with Gasteiger partial charge in [0.25, 0.3) is 0 Å². The standard InChI is InChI=1S/C19H26N8O3S/c1-21-18(28)26-19-23-14(11-31-19)15-13(10-20)16(22-12-2-6-29-7-3-12)25-17(24-15)27-4-8-30-9-5-27/h10-12,20H,2-9H2,1H3,(H,22,24,25)(H2,21,23,26,28)/p+1. The van der Waals surface area contributed by atoms with E-state index in [4.69, 9.17) is 24.9 Å². The highest BCUT2D eigenvalue weighted by molar-refractivity contribution is 7.14. The van der Waals surface area contributed by atoms with E-state index in [-0.39, 0.29) is 12.1 Å². The highest BCUT2D eigenvalue weighted by Gasteiger charge is 2.24. The van der Waals surface area contributed by atoms with E-state index < -0.39 is 0 Å². The Labute approximate surface area is 184 Å². The Hall–Kier alpha value is -2.83. The molecule has 0 spiro atoms. The minimum absolute atomic E-state index is 0.244. The summed E-state index contributed by atoms with van der Waals surface area (Å²) in [6, 6.07) is -0.0845. The van der Waals surface area contributed by atoms with Gasteiger partial charge in [-0.15, -0.1) is 11.3 Å². The molecule has 4 rings (SSSR count). The molecule has 4 heterocycles. The third kappa shape index (κ3) is 5.09. The highest BCUT2D eigenvalue weighted by Crippen LogP contribution is 2.31. The van der Waals surface area contributed by atoms with Crippen LogP contribution in [0.3, 0.4) is 0 Å². The number of nitrogens with two attached hydrogens (primary N) is 1. The lowest BCUT2D eigenvalue weighted by atomic mass is 10.1. The fraction of sp³-hybridized carbons (Fsp3) is 0.526. The van der Waals surface area contributed by atoms with E-state index in [0.717, 1.165) is 12.8 Å². The smallest absolute Gasteiger partial charge is 0.320 e. The first-order valence-corrected chi connectivity index (χ1v) is 11.1. The van der Waals surface area contributed by atoms with E-state index in [0.29, 0.717) is 73.4 Å². The summed E-state index contributed by atoms with van der Waals surface area (Å²) in [5, 5.41) is 17.1. The topological polar surface area (TPSA) is 139 Å². The van der Waals surface area contributed by atoms with Crippen molar-refractivity contribution in [3.8, 4) is 11.4 Å². The zero-order valence-electron chi connectivity index (χ0n) is 17.4. The van der Waals surface area contributed by atoms with Crippen molar-refractivity contribution in [1.29, 1.82) is 0 Å². The molecule has 2 saturated heterocycles. The number of anilines is 3. The van der Waals surface area contributed by atoms with Gasteiger partial charge in [0.05, 0.1) is 13.2 Å². The largest absolute Gasteiger partial charge is 0.381 e. The summed E-state index contributed by atoms with van der Waals surface area (Å²) in [4.78, 5) is 27.9. The molecule has 12 heteroatoms. The number of nitrogens with zero attached hydrogens (tertiary/aromatic N) is 4. The number of amides is 2. The van der Waals surface area contributed by atoms with Crippen molar-refractivity contribution in [2.45, 2.75) is 18.9 Å². The van der Waals surface area contributed by atoms with Crippen LogP contribution in [0.4, 0.5) is 21.7 Å². The third-order valence-electron chi connectivity index (χ3n) is 5.15. The molecule has 2 aliphatic rings. The van der Waals surface area contributed by atoms with Gasteiger partial charge in [-0.25, -0.2) is 14.8 Å². The van der Waals surface area contributed by atoms with Crippen LogP contribution in [0.1, 0.15) is 18.4 Å². The SMILES string of the molecule is CNC(=O)Nc1nc(-c2nc(N3CCOCC3)nc(NC3CCOCC3)c2C=[NH2+])cs1. The number of morpholine rings is 1. The average Bonchev–Trinajstić information content (AvgIpc) is 3.28. The van der Waals surface area contributed by atoms with Crippen LogP contribution in [0, 0.1) is 0 Å². The molecule has 0 saturated carbocycles. The molecule has 0 radical (unpaired) electrons. The number of carbonyl (C=O) groups excluding carboxylic acids is 1. The molecule has 0 unspecified atom stereocenters. The van der Waals surface area contributed by atoms with Gasteiger partial charge in [0, 0.05) is 44.8 Å². The van der Waals surface area contributed by atoms with E-state index in [1.807, 2.05) is 5.38 Å². The van der Waals surface area contributed by atoms with Crippen molar-refractivity contribution >= 4 is 40.5 Å². The summed E-state index contributed by atoms with van der Waals surface area (Å²) < 4.78 is 10.9. The molecular weight excluding hydrogens is 420 g/mol. The van der Waals surface area contributed by atoms with Crippen LogP contribution in [-0.2, 0) is 9.47 Å². The number of carbonyl (C=O) groups is 1. The zero-order valence-corrected chi connectivity index (χ0v) is 18.2. The fourth-order valence-corrected chi connectivity index (χ4v) is 4.15. The normalized spacial score (nSPS) is 17.3. The van der Waals surface area contributed by atoms with E-state index in [1.165, 1.54) is 17.6 Å². The summed E-state index contributed by atoms with van der Waals surface area (Å²) >= 11 is 1.32. The van der Waals surface area contributed by atoms with Crippen LogP contribution >= 0.6 is 11.3 Å². The van der Waals surface area contributed by atoms with Crippen LogP contribution < -0.4 is 26.3 Å². The van der Waals surface area contributed by atoms with Crippen LogP contribution in [0.2, 0.25) is 0 Å². The number of aromatic nitrogens is 3. The number of hydrogen-bond donors (Lipinski definition) is 4. The van der Waals surface area contributed by atoms with Crippen molar-refractivity contribution in [2.24, 2.45) is 0 Å². The molecule has 11 nitrogen and oxygen atoms in total. The van der Waals surface area contributed by atoms with E-state index >= 15 is 0 Å². The first-order chi connectivity index (χ1) is 15.2. The second-order valence-electron chi connectivity index (χ2n) is 7.17. The summed E-state index contributed by atoms with van der Waals surface area (Å²) in [6.45, 7) is 4.11. The van der Waals surface area contributed by atoms with Gasteiger partial charge in [-0.3, -0.25) is 10.7 Å². The van der Waals surface area contributed by atoms with Gasteiger partial charge in [-0.1, -0.05) is 0 Å². The Kier molecular flexibility index (Phi) is 6.89. The van der Waals surface area contributed by atoms with Crippen molar-refractivity contribution in [1.82, 2.24) is 20.3 Å². The molecule has 2 aromatic rings. The maximum absolute atomic E-state index is 11.6. The Bertz CT molecular complexity index is 925. The molecule has 2 aromatic heterocycles. The van der Waals surface area contributed by atoms with Gasteiger partial charge < -0.3 is 25.0 Å². The number of nitrogens with one attached hydrogen (secondary N) is 3. The van der Waals surface area contributed by atoms with Gasteiger partial charge in [0.1, 0.15) is 22.8 Å². The molecule has 0 aliphatic carbocycles. The lowest BCUT2D eigenvalue weighted by molar-refractivity contribution is -0.104. The van der Waals surface area contributed by atoms with Crippen molar-refractivity contribution in [3.63, 3.8) is 0 Å². The summed E-state index contributed by atoms with van der Waals surface area (Å²) in [5.41, 5.74) is 1.93. The van der Waals surface area contributed by atoms with Crippen molar-refractivity contribution in [2.75, 3.05) is 62.1 Å². The van der Waals surface area contributed by atoms with E-state index in [1.54, 1.807) is 7.05 Å². The predicted molar refractivity (Wildman–Crippen MR) is 119 cm³/mol. The Morgan fingerprint density at radius 2 is 1.94 bits per heavy atom. The van der Waals surface area contributed by atoms with Crippen molar-refractivity contribution < 1.29 is 19.7 Å². The lowest BCUT2D eigenvalue weighted by Gasteiger charge is -2.29. The fourth-order valence-electron chi connectivity index (χ4n) is 3.46. The molecule has 2 fully saturated rings. The zero-order chi connectivity index (χ0) is 21.6. The summed E-state index contributed by atoms with van der Waals surface area (Å²) in [5.74, 6) is 1.28. The summed E-state index contributed by atoms with van der Waals surface area (Å²) in [6.07, 6.45) is 3.30. The molecule has 5 N–H and O–H groups in total. The number of thiazole rings is 1. The van der Waals surface area contributed by atoms with Crippen LogP contribution in [0.5, 0.6) is 0 Å². The Balaban J connectivity index is 1.71. The molecule has 2 aliphatic heterocycles. The molecule has 0 aromatic carbocycles. The number of rotatable bonds is 6. The predicted octanol–water partition coefficient (Wildman–Crippen LogP) is -0.0431. The molecule has 0 atom stereocenters. The van der Waals surface area contributed by atoms with Crippen molar-refractivity contribution in [3.05, 3.63) is 10.9 Å². The maximum atomic E-state index is 11.6. The second kappa shape index (κ2) is 9.98. The highest BCUT2D eigenvalue weighted by atomic mass is 32.1. The van der Waals surface area contributed by atoms with Gasteiger partial charge in [0.2, 0.25) is 5.95 Å². The van der Waals surface area contributed by atoms with Gasteiger partial charge in [-0.05, 0) is 12.8 Å². The Morgan fingerprint density at radius 1 is 1.19 bits per heavy atom. The lowest BCUT2D eigenvalue weighted by Crippen LogP contribution is -2.38. The van der Waals surface area contributed by atoms with Gasteiger partial charge in [-0.2, -0.15) is 4.98 Å². The Morgan fingerprint density at radius 3 is 2.65 bits per heavy atom. The number of hydrogen-bond acceptors (Lipinski definition) is 9. The van der Waals surface area contributed by atoms with E-state index in [9.17, 15) is 4.79 Å². The molecule has 2 amide bonds. The molecular formula is C19H27N8O3S+. The number of ether oxygens (including phenoxy) is 2. The van der Waals surface area contributed by atoms with E-state index in [2.05, 4.69) is 25.8 Å². The third-order valence-corrected chi connectivity index (χ3v) is 5.91. The van der Waals surface area contributed by atoms with Crippen LogP contribution in [0.15, 0.2) is 5.38 Å². The minimum atomic E-state index is -0.329. The van der Waals surface area contributed by atoms with Gasteiger partial charge >= 0.3 is 6.03 Å².